The third-order valence-corrected chi connectivity index (χ3v) is 4.23. The van der Waals surface area contributed by atoms with Gasteiger partial charge in [0, 0.05) is 0 Å². The zero-order valence-corrected chi connectivity index (χ0v) is 13.0. The Balaban J connectivity index is 3.22. The Labute approximate surface area is 124 Å². The molecule has 21 heavy (non-hydrogen) atoms. The molecule has 0 saturated carbocycles. The molecule has 0 amide bonds. The zero-order chi connectivity index (χ0) is 15.9. The second kappa shape index (κ2) is 7.68. The lowest BCUT2D eigenvalue weighted by Crippen LogP contribution is -2.17. The predicted octanol–water partition coefficient (Wildman–Crippen LogP) is 1.91. The number of sulfone groups is 1. The molecule has 0 saturated heterocycles. The van der Waals surface area contributed by atoms with Gasteiger partial charge >= 0.3 is 5.97 Å². The normalized spacial score (nSPS) is 11.9. The highest BCUT2D eigenvalue weighted by Gasteiger charge is 2.29. The molecule has 0 atom stereocenters. The van der Waals surface area contributed by atoms with Crippen LogP contribution in [0, 0.1) is 0 Å². The summed E-state index contributed by atoms with van der Waals surface area (Å²) in [5.74, 6) is -0.429. The van der Waals surface area contributed by atoms with Crippen LogP contribution < -0.4 is 4.74 Å². The molecule has 0 aliphatic carbocycles. The summed E-state index contributed by atoms with van der Waals surface area (Å²) in [6.45, 7) is 3.58. The van der Waals surface area contributed by atoms with E-state index >= 15 is 0 Å². The van der Waals surface area contributed by atoms with Gasteiger partial charge in [-0.3, -0.25) is 0 Å². The second-order valence-electron chi connectivity index (χ2n) is 3.84. The van der Waals surface area contributed by atoms with Crippen molar-refractivity contribution in [3.05, 3.63) is 35.4 Å². The maximum Gasteiger partial charge on any atom is 0.353 e. The average Bonchev–Trinajstić information content (AvgIpc) is 2.47. The van der Waals surface area contributed by atoms with Gasteiger partial charge in [0.1, 0.15) is 12.0 Å². The number of methoxy groups -OCH3 is 1. The average molecular weight is 314 g/mol. The van der Waals surface area contributed by atoms with Crippen molar-refractivity contribution in [1.29, 1.82) is 0 Å². The van der Waals surface area contributed by atoms with Crippen LogP contribution in [-0.4, -0.2) is 34.7 Å². The monoisotopic (exact) mass is 314 g/mol. The van der Waals surface area contributed by atoms with Crippen LogP contribution in [0.3, 0.4) is 0 Å². The van der Waals surface area contributed by atoms with Gasteiger partial charge in [0.2, 0.25) is 9.84 Å². The van der Waals surface area contributed by atoms with Crippen LogP contribution in [0.25, 0.3) is 0 Å². The lowest BCUT2D eigenvalue weighted by Gasteiger charge is -2.09. The van der Waals surface area contributed by atoms with E-state index in [-0.39, 0.29) is 18.1 Å². The van der Waals surface area contributed by atoms with Crippen LogP contribution in [-0.2, 0) is 24.1 Å². The molecule has 0 N–H and O–H groups in total. The van der Waals surface area contributed by atoms with E-state index in [4.69, 9.17) is 14.2 Å². The molecule has 0 fully saturated rings. The van der Waals surface area contributed by atoms with Gasteiger partial charge in [-0.1, -0.05) is 0 Å². The van der Waals surface area contributed by atoms with E-state index in [9.17, 15) is 13.2 Å². The van der Waals surface area contributed by atoms with Gasteiger partial charge in [-0.05, 0) is 38.1 Å². The molecule has 0 unspecified atom stereocenters. The van der Waals surface area contributed by atoms with E-state index in [1.807, 2.05) is 0 Å². The molecule has 0 heterocycles. The van der Waals surface area contributed by atoms with Crippen LogP contribution in [0.1, 0.15) is 13.8 Å². The fourth-order valence-electron chi connectivity index (χ4n) is 1.46. The van der Waals surface area contributed by atoms with Crippen molar-refractivity contribution in [2.75, 3.05) is 20.3 Å². The summed E-state index contributed by atoms with van der Waals surface area (Å²) >= 11 is 0. The molecule has 116 valence electrons. The van der Waals surface area contributed by atoms with Crippen LogP contribution in [0.2, 0.25) is 0 Å². The lowest BCUT2D eigenvalue weighted by atomic mass is 10.3. The summed E-state index contributed by atoms with van der Waals surface area (Å²) in [6.07, 6.45) is 0.914. The highest BCUT2D eigenvalue weighted by Crippen LogP contribution is 2.23. The molecule has 1 aromatic carbocycles. The van der Waals surface area contributed by atoms with Crippen molar-refractivity contribution in [3.8, 4) is 5.75 Å². The quantitative estimate of drug-likeness (QED) is 0.434. The summed E-state index contributed by atoms with van der Waals surface area (Å²) in [4.78, 5) is 11.2. The van der Waals surface area contributed by atoms with E-state index in [1.165, 1.54) is 31.4 Å². The van der Waals surface area contributed by atoms with Crippen molar-refractivity contribution in [2.45, 2.75) is 18.7 Å². The van der Waals surface area contributed by atoms with Crippen molar-refractivity contribution >= 4 is 15.8 Å². The number of rotatable bonds is 7. The maximum absolute atomic E-state index is 12.5. The largest absolute Gasteiger partial charge is 0.500 e. The molecule has 1 rings (SSSR count). The zero-order valence-electron chi connectivity index (χ0n) is 12.2. The Kier molecular flexibility index (Phi) is 6.23. The minimum Gasteiger partial charge on any atom is -0.500 e. The highest BCUT2D eigenvalue weighted by atomic mass is 32.2. The smallest absolute Gasteiger partial charge is 0.353 e. The number of hydrogen-bond acceptors (Lipinski definition) is 6. The van der Waals surface area contributed by atoms with Gasteiger partial charge in [-0.15, -0.1) is 0 Å². The first-order valence-corrected chi connectivity index (χ1v) is 7.83. The van der Waals surface area contributed by atoms with Crippen molar-refractivity contribution < 1.29 is 27.4 Å². The Morgan fingerprint density at radius 2 is 1.76 bits per heavy atom. The summed E-state index contributed by atoms with van der Waals surface area (Å²) in [5.41, 5.74) is 0. The van der Waals surface area contributed by atoms with E-state index in [0.29, 0.717) is 5.75 Å². The first-order chi connectivity index (χ1) is 9.97. The molecule has 0 aromatic heterocycles. The van der Waals surface area contributed by atoms with Crippen molar-refractivity contribution in [3.63, 3.8) is 0 Å². The Bertz CT molecular complexity index is 601. The van der Waals surface area contributed by atoms with Crippen molar-refractivity contribution in [2.24, 2.45) is 0 Å². The number of esters is 1. The van der Waals surface area contributed by atoms with Gasteiger partial charge in [0.25, 0.3) is 0 Å². The highest BCUT2D eigenvalue weighted by molar-refractivity contribution is 7.96. The van der Waals surface area contributed by atoms with Crippen LogP contribution in [0.4, 0.5) is 0 Å². The summed E-state index contributed by atoms with van der Waals surface area (Å²) in [6, 6.07) is 5.70. The first-order valence-electron chi connectivity index (χ1n) is 6.35. The fourth-order valence-corrected chi connectivity index (χ4v) is 2.69. The number of hydrogen-bond donors (Lipinski definition) is 0. The van der Waals surface area contributed by atoms with Crippen molar-refractivity contribution in [1.82, 2.24) is 0 Å². The third kappa shape index (κ3) is 4.22. The van der Waals surface area contributed by atoms with Crippen LogP contribution in [0.15, 0.2) is 40.3 Å². The summed E-state index contributed by atoms with van der Waals surface area (Å²) in [5, 5.41) is 0. The number of carbonyl (C=O) groups excluding carboxylic acids is 1. The number of benzene rings is 1. The van der Waals surface area contributed by atoms with Gasteiger partial charge in [-0.25, -0.2) is 13.2 Å². The third-order valence-electron chi connectivity index (χ3n) is 2.49. The minimum absolute atomic E-state index is 0.0395. The van der Waals surface area contributed by atoms with Gasteiger partial charge < -0.3 is 14.2 Å². The maximum atomic E-state index is 12.5. The van der Waals surface area contributed by atoms with E-state index in [2.05, 4.69) is 0 Å². The molecule has 1 aromatic rings. The van der Waals surface area contributed by atoms with E-state index in [0.717, 1.165) is 6.26 Å². The molecule has 0 radical (unpaired) electrons. The topological polar surface area (TPSA) is 78.9 Å². The molecule has 0 aliphatic heterocycles. The molecule has 7 heteroatoms. The number of ether oxygens (including phenoxy) is 3. The SMILES string of the molecule is CCO/C=C(/C(=O)OCC)S(=O)(=O)c1ccc(OC)cc1. The minimum atomic E-state index is -4.01. The predicted molar refractivity (Wildman–Crippen MR) is 76.5 cm³/mol. The van der Waals surface area contributed by atoms with Gasteiger partial charge in [0.15, 0.2) is 4.91 Å². The van der Waals surface area contributed by atoms with Crippen LogP contribution in [0.5, 0.6) is 5.75 Å². The molecule has 6 nitrogen and oxygen atoms in total. The van der Waals surface area contributed by atoms with Gasteiger partial charge in [-0.2, -0.15) is 0 Å². The van der Waals surface area contributed by atoms with E-state index in [1.54, 1.807) is 13.8 Å². The molecular weight excluding hydrogens is 296 g/mol. The Hall–Kier alpha value is -2.02. The number of carbonyl (C=O) groups is 1. The molecule has 0 bridgehead atoms. The van der Waals surface area contributed by atoms with E-state index < -0.39 is 20.7 Å². The lowest BCUT2D eigenvalue weighted by molar-refractivity contribution is -0.137. The first kappa shape index (κ1) is 17.0. The van der Waals surface area contributed by atoms with Gasteiger partial charge in [0.05, 0.1) is 25.2 Å². The molecule has 0 aliphatic rings. The summed E-state index contributed by atoms with van der Waals surface area (Å²) < 4.78 is 39.6. The summed E-state index contributed by atoms with van der Waals surface area (Å²) in [7, 11) is -2.54. The standard InChI is InChI=1S/C14H18O6S/c1-4-19-10-13(14(15)20-5-2)21(16,17)12-8-6-11(18-3)7-9-12/h6-10H,4-5H2,1-3H3/b13-10-. The molecule has 0 spiro atoms. The molecular formula is C14H18O6S. The Morgan fingerprint density at radius 1 is 1.14 bits per heavy atom. The fraction of sp³-hybridized carbons (Fsp3) is 0.357. The van der Waals surface area contributed by atoms with Crippen LogP contribution >= 0.6 is 0 Å². The second-order valence-corrected chi connectivity index (χ2v) is 5.75. The Morgan fingerprint density at radius 3 is 2.24 bits per heavy atom.